The van der Waals surface area contributed by atoms with E-state index in [4.69, 9.17) is 4.99 Å². The Labute approximate surface area is 159 Å². The predicted octanol–water partition coefficient (Wildman–Crippen LogP) is 2.72. The van der Waals surface area contributed by atoms with E-state index in [2.05, 4.69) is 72.4 Å². The normalized spacial score (nSPS) is 18.2. The molecule has 0 amide bonds. The number of benzene rings is 1. The molecule has 0 spiro atoms. The van der Waals surface area contributed by atoms with E-state index in [0.717, 1.165) is 45.2 Å². The van der Waals surface area contributed by atoms with Crippen molar-refractivity contribution >= 4 is 11.6 Å². The lowest BCUT2D eigenvalue weighted by molar-refractivity contribution is 0.343. The second-order valence-corrected chi connectivity index (χ2v) is 7.11. The van der Waals surface area contributed by atoms with Gasteiger partial charge >= 0.3 is 0 Å². The molecule has 26 heavy (non-hydrogen) atoms. The average Bonchev–Trinajstić information content (AvgIpc) is 3.11. The number of likely N-dealkylation sites (tertiary alicyclic amines) is 1. The molecule has 0 radical (unpaired) electrons. The molecule has 1 unspecified atom stereocenters. The zero-order chi connectivity index (χ0) is 18.8. The molecular formula is C21H37N5. The van der Waals surface area contributed by atoms with Gasteiger partial charge in [-0.3, -0.25) is 4.99 Å². The third kappa shape index (κ3) is 6.52. The number of likely N-dealkylation sites (N-methyl/N-ethyl adjacent to an activating group) is 1. The van der Waals surface area contributed by atoms with Crippen LogP contribution >= 0.6 is 0 Å². The van der Waals surface area contributed by atoms with Gasteiger partial charge in [-0.05, 0) is 63.9 Å². The fraction of sp³-hybridized carbons (Fsp3) is 0.667. The van der Waals surface area contributed by atoms with Crippen LogP contribution in [0.15, 0.2) is 29.3 Å². The van der Waals surface area contributed by atoms with Crippen molar-refractivity contribution in [2.45, 2.75) is 34.1 Å². The summed E-state index contributed by atoms with van der Waals surface area (Å²) in [7, 11) is 0. The van der Waals surface area contributed by atoms with Gasteiger partial charge in [0.15, 0.2) is 5.96 Å². The van der Waals surface area contributed by atoms with Crippen LogP contribution in [0, 0.1) is 12.8 Å². The quantitative estimate of drug-likeness (QED) is 0.526. The predicted molar refractivity (Wildman–Crippen MR) is 113 cm³/mol. The molecule has 146 valence electrons. The van der Waals surface area contributed by atoms with Crippen LogP contribution in [-0.4, -0.2) is 63.2 Å². The second-order valence-electron chi connectivity index (χ2n) is 7.11. The van der Waals surface area contributed by atoms with Gasteiger partial charge in [-0.1, -0.05) is 19.1 Å². The molecule has 1 saturated heterocycles. The third-order valence-electron chi connectivity index (χ3n) is 5.09. The Hall–Kier alpha value is -1.75. The fourth-order valence-electron chi connectivity index (χ4n) is 3.51. The lowest BCUT2D eigenvalue weighted by Crippen LogP contribution is -2.42. The molecule has 1 aromatic carbocycles. The number of guanidine groups is 1. The van der Waals surface area contributed by atoms with Gasteiger partial charge in [0, 0.05) is 45.0 Å². The van der Waals surface area contributed by atoms with E-state index in [1.54, 1.807) is 0 Å². The maximum absolute atomic E-state index is 4.82. The molecule has 1 aliphatic rings. The van der Waals surface area contributed by atoms with Crippen molar-refractivity contribution in [2.24, 2.45) is 10.9 Å². The van der Waals surface area contributed by atoms with Crippen LogP contribution in [0.3, 0.4) is 0 Å². The zero-order valence-electron chi connectivity index (χ0n) is 17.1. The van der Waals surface area contributed by atoms with Gasteiger partial charge in [-0.15, -0.1) is 0 Å². The lowest BCUT2D eigenvalue weighted by atomic mass is 10.1. The van der Waals surface area contributed by atoms with Gasteiger partial charge in [0.25, 0.3) is 0 Å². The number of hydrogen-bond donors (Lipinski definition) is 2. The number of anilines is 1. The van der Waals surface area contributed by atoms with E-state index in [1.165, 1.54) is 30.8 Å². The minimum absolute atomic E-state index is 0.699. The van der Waals surface area contributed by atoms with E-state index in [9.17, 15) is 0 Å². The molecule has 1 aromatic rings. The Bertz CT molecular complexity index is 557. The summed E-state index contributed by atoms with van der Waals surface area (Å²) >= 11 is 0. The summed E-state index contributed by atoms with van der Waals surface area (Å²) in [5, 5.41) is 6.88. The summed E-state index contributed by atoms with van der Waals surface area (Å²) in [6, 6.07) is 8.72. The Morgan fingerprint density at radius 3 is 2.77 bits per heavy atom. The molecule has 1 heterocycles. The van der Waals surface area contributed by atoms with E-state index >= 15 is 0 Å². The van der Waals surface area contributed by atoms with E-state index in [0.29, 0.717) is 5.92 Å². The molecule has 2 N–H and O–H groups in total. The van der Waals surface area contributed by atoms with Crippen LogP contribution in [0.5, 0.6) is 0 Å². The standard InChI is InChI=1S/C21H37N5/c1-5-22-21(24-16-19-11-13-25(6-2)17-19)23-12-14-26(7-3)20-10-8-9-18(4)15-20/h8-10,15,19H,5-7,11-14,16-17H2,1-4H3,(H2,22,23,24). The van der Waals surface area contributed by atoms with E-state index < -0.39 is 0 Å². The molecule has 1 atom stereocenters. The highest BCUT2D eigenvalue weighted by Gasteiger charge is 2.20. The van der Waals surface area contributed by atoms with Crippen molar-refractivity contribution in [3.8, 4) is 0 Å². The largest absolute Gasteiger partial charge is 0.370 e. The summed E-state index contributed by atoms with van der Waals surface area (Å²) < 4.78 is 0. The Morgan fingerprint density at radius 1 is 1.27 bits per heavy atom. The maximum atomic E-state index is 4.82. The molecule has 0 aromatic heterocycles. The number of rotatable bonds is 9. The topological polar surface area (TPSA) is 42.9 Å². The smallest absolute Gasteiger partial charge is 0.191 e. The SMILES string of the molecule is CCNC(=NCC1CCN(CC)C1)NCCN(CC)c1cccc(C)c1. The molecule has 0 bridgehead atoms. The highest BCUT2D eigenvalue weighted by molar-refractivity contribution is 5.79. The van der Waals surface area contributed by atoms with Crippen LogP contribution in [0.25, 0.3) is 0 Å². The molecule has 0 aliphatic carbocycles. The molecular weight excluding hydrogens is 322 g/mol. The van der Waals surface area contributed by atoms with Crippen LogP contribution in [0.2, 0.25) is 0 Å². The van der Waals surface area contributed by atoms with E-state index in [-0.39, 0.29) is 0 Å². The number of hydrogen-bond acceptors (Lipinski definition) is 3. The number of nitrogens with one attached hydrogen (secondary N) is 2. The minimum Gasteiger partial charge on any atom is -0.370 e. The van der Waals surface area contributed by atoms with Gasteiger partial charge in [0.05, 0.1) is 0 Å². The summed E-state index contributed by atoms with van der Waals surface area (Å²) in [6.45, 7) is 17.0. The van der Waals surface area contributed by atoms with Gasteiger partial charge in [-0.25, -0.2) is 0 Å². The summed E-state index contributed by atoms with van der Waals surface area (Å²) in [5.41, 5.74) is 2.60. The van der Waals surface area contributed by atoms with Crippen LogP contribution in [0.1, 0.15) is 32.8 Å². The van der Waals surface area contributed by atoms with Crippen LogP contribution < -0.4 is 15.5 Å². The number of aliphatic imine (C=N–C) groups is 1. The van der Waals surface area contributed by atoms with E-state index in [1.807, 2.05) is 0 Å². The number of nitrogens with zero attached hydrogens (tertiary/aromatic N) is 3. The first kappa shape index (κ1) is 20.6. The van der Waals surface area contributed by atoms with Crippen molar-refractivity contribution < 1.29 is 0 Å². The van der Waals surface area contributed by atoms with Gasteiger partial charge in [0.2, 0.25) is 0 Å². The average molecular weight is 360 g/mol. The van der Waals surface area contributed by atoms with Gasteiger partial charge in [-0.2, -0.15) is 0 Å². The minimum atomic E-state index is 0.699. The zero-order valence-corrected chi connectivity index (χ0v) is 17.1. The first-order valence-corrected chi connectivity index (χ1v) is 10.2. The third-order valence-corrected chi connectivity index (χ3v) is 5.09. The van der Waals surface area contributed by atoms with Gasteiger partial charge < -0.3 is 20.4 Å². The van der Waals surface area contributed by atoms with Crippen molar-refractivity contribution in [3.63, 3.8) is 0 Å². The first-order chi connectivity index (χ1) is 12.7. The van der Waals surface area contributed by atoms with Crippen molar-refractivity contribution in [1.29, 1.82) is 0 Å². The van der Waals surface area contributed by atoms with Crippen LogP contribution in [0.4, 0.5) is 5.69 Å². The number of aryl methyl sites for hydroxylation is 1. The molecule has 2 rings (SSSR count). The Kier molecular flexibility index (Phi) is 8.75. The highest BCUT2D eigenvalue weighted by atomic mass is 15.2. The Morgan fingerprint density at radius 2 is 2.12 bits per heavy atom. The fourth-order valence-corrected chi connectivity index (χ4v) is 3.51. The second kappa shape index (κ2) is 11.1. The molecule has 0 saturated carbocycles. The highest BCUT2D eigenvalue weighted by Crippen LogP contribution is 2.16. The van der Waals surface area contributed by atoms with Crippen LogP contribution in [-0.2, 0) is 0 Å². The molecule has 1 fully saturated rings. The molecule has 1 aliphatic heterocycles. The Balaban J connectivity index is 1.82. The first-order valence-electron chi connectivity index (χ1n) is 10.2. The monoisotopic (exact) mass is 359 g/mol. The molecule has 5 heteroatoms. The van der Waals surface area contributed by atoms with Gasteiger partial charge in [0.1, 0.15) is 0 Å². The summed E-state index contributed by atoms with van der Waals surface area (Å²) in [5.74, 6) is 1.65. The molecule has 5 nitrogen and oxygen atoms in total. The summed E-state index contributed by atoms with van der Waals surface area (Å²) in [6.07, 6.45) is 1.27. The summed E-state index contributed by atoms with van der Waals surface area (Å²) in [4.78, 5) is 9.74. The maximum Gasteiger partial charge on any atom is 0.191 e. The van der Waals surface area contributed by atoms with Crippen molar-refractivity contribution in [1.82, 2.24) is 15.5 Å². The lowest BCUT2D eigenvalue weighted by Gasteiger charge is -2.24. The van der Waals surface area contributed by atoms with Crippen molar-refractivity contribution in [2.75, 3.05) is 57.3 Å². The van der Waals surface area contributed by atoms with Crippen molar-refractivity contribution in [3.05, 3.63) is 29.8 Å².